The molecule has 0 spiro atoms. The lowest BCUT2D eigenvalue weighted by Gasteiger charge is -2.10. The molecule has 0 bridgehead atoms. The third-order valence-electron chi connectivity index (χ3n) is 3.59. The quantitative estimate of drug-likeness (QED) is 0.878. The molecule has 4 heteroatoms. The largest absolute Gasteiger partial charge is 0.370 e. The number of fused-ring (bicyclic) bond motifs is 1. The van der Waals surface area contributed by atoms with Crippen LogP contribution in [0.3, 0.4) is 0 Å². The lowest BCUT2D eigenvalue weighted by atomic mass is 10.0. The fourth-order valence-electron chi connectivity index (χ4n) is 2.61. The van der Waals surface area contributed by atoms with Gasteiger partial charge >= 0.3 is 0 Å². The highest BCUT2D eigenvalue weighted by Crippen LogP contribution is 2.27. The number of nitrogens with zero attached hydrogens (tertiary/aromatic N) is 3. The van der Waals surface area contributed by atoms with Crippen molar-refractivity contribution in [2.24, 2.45) is 5.92 Å². The smallest absolute Gasteiger partial charge is 0.157 e. The minimum Gasteiger partial charge on any atom is -0.370 e. The highest BCUT2D eigenvalue weighted by Gasteiger charge is 2.14. The number of hydrogen-bond donors (Lipinski definition) is 1. The first-order valence-electron chi connectivity index (χ1n) is 6.46. The van der Waals surface area contributed by atoms with Crippen LogP contribution in [0, 0.1) is 5.92 Å². The van der Waals surface area contributed by atoms with E-state index in [4.69, 9.17) is 0 Å². The Labute approximate surface area is 101 Å². The second-order valence-electron chi connectivity index (χ2n) is 4.81. The molecule has 0 unspecified atom stereocenters. The lowest BCUT2D eigenvalue weighted by Crippen LogP contribution is -2.08. The lowest BCUT2D eigenvalue weighted by molar-refractivity contribution is 0.518. The molecule has 0 amide bonds. The minimum absolute atomic E-state index is 0.899. The zero-order chi connectivity index (χ0) is 11.5. The van der Waals surface area contributed by atoms with Crippen LogP contribution in [0.4, 0.5) is 5.82 Å². The molecule has 1 N–H and O–H groups in total. The molecule has 2 aromatic heterocycles. The fraction of sp³-hybridized carbons (Fsp3) is 0.538. The van der Waals surface area contributed by atoms with Gasteiger partial charge < -0.3 is 5.32 Å². The summed E-state index contributed by atoms with van der Waals surface area (Å²) in [7, 11) is 0. The molecule has 1 saturated carbocycles. The number of aromatic nitrogens is 3. The van der Waals surface area contributed by atoms with E-state index in [0.717, 1.165) is 23.9 Å². The van der Waals surface area contributed by atoms with Crippen molar-refractivity contribution in [3.05, 3.63) is 24.5 Å². The molecular formula is C13H18N4. The maximum Gasteiger partial charge on any atom is 0.157 e. The number of hydrogen-bond acceptors (Lipinski definition) is 3. The monoisotopic (exact) mass is 230 g/mol. The molecule has 17 heavy (non-hydrogen) atoms. The Balaban J connectivity index is 1.56. The summed E-state index contributed by atoms with van der Waals surface area (Å²) < 4.78 is 1.78. The zero-order valence-electron chi connectivity index (χ0n) is 9.97. The average molecular weight is 230 g/mol. The summed E-state index contributed by atoms with van der Waals surface area (Å²) >= 11 is 0. The molecule has 0 aromatic carbocycles. The van der Waals surface area contributed by atoms with E-state index in [1.165, 1.54) is 32.1 Å². The summed E-state index contributed by atoms with van der Waals surface area (Å²) in [5.41, 5.74) is 0.899. The summed E-state index contributed by atoms with van der Waals surface area (Å²) in [6, 6.07) is 3.90. The van der Waals surface area contributed by atoms with E-state index in [-0.39, 0.29) is 0 Å². The van der Waals surface area contributed by atoms with E-state index in [1.807, 2.05) is 18.3 Å². The molecule has 2 heterocycles. The maximum absolute atomic E-state index is 4.49. The molecule has 0 atom stereocenters. The zero-order valence-corrected chi connectivity index (χ0v) is 9.97. The second-order valence-corrected chi connectivity index (χ2v) is 4.81. The summed E-state index contributed by atoms with van der Waals surface area (Å²) in [5, 5.41) is 7.53. The van der Waals surface area contributed by atoms with Crippen LogP contribution in [0.15, 0.2) is 24.5 Å². The normalized spacial score (nSPS) is 16.7. The summed E-state index contributed by atoms with van der Waals surface area (Å²) in [6.45, 7) is 1.03. The highest BCUT2D eigenvalue weighted by molar-refractivity contribution is 5.45. The van der Waals surface area contributed by atoms with E-state index in [9.17, 15) is 0 Å². The van der Waals surface area contributed by atoms with Crippen molar-refractivity contribution >= 4 is 11.5 Å². The Kier molecular flexibility index (Phi) is 2.94. The van der Waals surface area contributed by atoms with Gasteiger partial charge in [-0.05, 0) is 18.4 Å². The standard InChI is InChI=1S/C13H18N4/c1-2-4-11(3-1)5-8-14-12-7-10-17-13(16-12)6-9-15-17/h6-7,9-11H,1-5,8H2,(H,14,16). The fourth-order valence-corrected chi connectivity index (χ4v) is 2.61. The molecule has 0 aliphatic heterocycles. The van der Waals surface area contributed by atoms with Crippen LogP contribution in [-0.2, 0) is 0 Å². The Hall–Kier alpha value is -1.58. The molecule has 3 rings (SSSR count). The van der Waals surface area contributed by atoms with Gasteiger partial charge in [-0.1, -0.05) is 25.7 Å². The van der Waals surface area contributed by atoms with Crippen LogP contribution in [-0.4, -0.2) is 21.1 Å². The predicted octanol–water partition coefficient (Wildman–Crippen LogP) is 2.72. The Bertz CT molecular complexity index is 485. The molecule has 4 nitrogen and oxygen atoms in total. The molecule has 0 saturated heterocycles. The van der Waals surface area contributed by atoms with Gasteiger partial charge in [0.05, 0.1) is 6.20 Å². The van der Waals surface area contributed by atoms with Crippen LogP contribution in [0.1, 0.15) is 32.1 Å². The van der Waals surface area contributed by atoms with Crippen LogP contribution in [0.25, 0.3) is 5.65 Å². The predicted molar refractivity (Wildman–Crippen MR) is 68.1 cm³/mol. The first kappa shape index (κ1) is 10.6. The van der Waals surface area contributed by atoms with Crippen molar-refractivity contribution in [3.63, 3.8) is 0 Å². The summed E-state index contributed by atoms with van der Waals surface area (Å²) in [6.07, 6.45) is 10.7. The van der Waals surface area contributed by atoms with Crippen molar-refractivity contribution in [1.29, 1.82) is 0 Å². The van der Waals surface area contributed by atoms with Gasteiger partial charge in [-0.3, -0.25) is 0 Å². The maximum atomic E-state index is 4.49. The Morgan fingerprint density at radius 3 is 3.06 bits per heavy atom. The number of rotatable bonds is 4. The molecule has 2 aromatic rings. The SMILES string of the molecule is c1cc2nc(NCCC3CCCC3)ccn2n1. The van der Waals surface area contributed by atoms with Crippen LogP contribution >= 0.6 is 0 Å². The van der Waals surface area contributed by atoms with Crippen molar-refractivity contribution in [3.8, 4) is 0 Å². The van der Waals surface area contributed by atoms with Gasteiger partial charge in [0.2, 0.25) is 0 Å². The van der Waals surface area contributed by atoms with Gasteiger partial charge in [0.25, 0.3) is 0 Å². The summed E-state index contributed by atoms with van der Waals surface area (Å²) in [4.78, 5) is 4.49. The van der Waals surface area contributed by atoms with Gasteiger partial charge in [0.1, 0.15) is 5.82 Å². The van der Waals surface area contributed by atoms with Gasteiger partial charge in [0.15, 0.2) is 5.65 Å². The van der Waals surface area contributed by atoms with Gasteiger partial charge in [-0.2, -0.15) is 5.10 Å². The van der Waals surface area contributed by atoms with Crippen LogP contribution in [0.2, 0.25) is 0 Å². The highest BCUT2D eigenvalue weighted by atomic mass is 15.2. The van der Waals surface area contributed by atoms with E-state index in [0.29, 0.717) is 0 Å². The Morgan fingerprint density at radius 1 is 1.29 bits per heavy atom. The van der Waals surface area contributed by atoms with Crippen molar-refractivity contribution in [2.45, 2.75) is 32.1 Å². The molecule has 0 radical (unpaired) electrons. The van der Waals surface area contributed by atoms with Crippen LogP contribution < -0.4 is 5.32 Å². The van der Waals surface area contributed by atoms with Gasteiger partial charge in [-0.15, -0.1) is 0 Å². The average Bonchev–Trinajstić information content (AvgIpc) is 2.98. The van der Waals surface area contributed by atoms with Gasteiger partial charge in [-0.25, -0.2) is 9.50 Å². The second kappa shape index (κ2) is 4.73. The Morgan fingerprint density at radius 2 is 2.18 bits per heavy atom. The number of nitrogens with one attached hydrogen (secondary N) is 1. The van der Waals surface area contributed by atoms with Crippen molar-refractivity contribution < 1.29 is 0 Å². The van der Waals surface area contributed by atoms with E-state index >= 15 is 0 Å². The summed E-state index contributed by atoms with van der Waals surface area (Å²) in [5.74, 6) is 1.89. The van der Waals surface area contributed by atoms with E-state index in [2.05, 4.69) is 15.4 Å². The van der Waals surface area contributed by atoms with Crippen LogP contribution in [0.5, 0.6) is 0 Å². The molecule has 1 fully saturated rings. The third kappa shape index (κ3) is 2.40. The van der Waals surface area contributed by atoms with E-state index in [1.54, 1.807) is 10.7 Å². The third-order valence-corrected chi connectivity index (χ3v) is 3.59. The molecule has 90 valence electrons. The first-order valence-corrected chi connectivity index (χ1v) is 6.46. The molecule has 1 aliphatic carbocycles. The van der Waals surface area contributed by atoms with Crippen molar-refractivity contribution in [1.82, 2.24) is 14.6 Å². The van der Waals surface area contributed by atoms with E-state index < -0.39 is 0 Å². The number of anilines is 1. The van der Waals surface area contributed by atoms with Crippen molar-refractivity contribution in [2.75, 3.05) is 11.9 Å². The first-order chi connectivity index (χ1) is 8.42. The van der Waals surface area contributed by atoms with Gasteiger partial charge in [0, 0.05) is 18.8 Å². The topological polar surface area (TPSA) is 42.2 Å². The molecule has 1 aliphatic rings. The molecular weight excluding hydrogens is 212 g/mol. The minimum atomic E-state index is 0.899.